The predicted octanol–water partition coefficient (Wildman–Crippen LogP) is 2.78. The number of hydrogen-bond acceptors (Lipinski definition) is 5. The first-order valence-electron chi connectivity index (χ1n) is 6.42. The van der Waals surface area contributed by atoms with Crippen LogP contribution in [0.25, 0.3) is 5.57 Å². The number of ether oxygens (including phenoxy) is 1. The second-order valence-corrected chi connectivity index (χ2v) is 3.97. The minimum Gasteiger partial charge on any atom is -0.462 e. The van der Waals surface area contributed by atoms with E-state index in [4.69, 9.17) is 20.7 Å². The zero-order valence-electron chi connectivity index (χ0n) is 12.0. The Labute approximate surface area is 128 Å². The first-order valence-corrected chi connectivity index (χ1v) is 6.42. The summed E-state index contributed by atoms with van der Waals surface area (Å²) >= 11 is 0. The lowest BCUT2D eigenvalue weighted by atomic mass is 9.98. The zero-order chi connectivity index (χ0) is 16.4. The maximum absolute atomic E-state index is 11.6. The Kier molecular flexibility index (Phi) is 6.59. The first-order chi connectivity index (χ1) is 10.7. The van der Waals surface area contributed by atoms with E-state index < -0.39 is 5.97 Å². The molecule has 0 bridgehead atoms. The Balaban J connectivity index is 3.35. The summed E-state index contributed by atoms with van der Waals surface area (Å²) < 4.78 is 4.76. The summed E-state index contributed by atoms with van der Waals surface area (Å²) in [6, 6.07) is 12.5. The van der Waals surface area contributed by atoms with Crippen molar-refractivity contribution in [3.05, 3.63) is 59.2 Å². The molecular formula is C17H13N3O2. The van der Waals surface area contributed by atoms with Gasteiger partial charge in [0.2, 0.25) is 0 Å². The molecule has 108 valence electrons. The molecule has 0 aliphatic rings. The highest BCUT2D eigenvalue weighted by atomic mass is 16.5. The number of rotatable bonds is 5. The van der Waals surface area contributed by atoms with E-state index in [0.29, 0.717) is 11.1 Å². The summed E-state index contributed by atoms with van der Waals surface area (Å²) in [5.74, 6) is 1.32. The molecule has 0 heterocycles. The fraction of sp³-hybridized carbons (Fsp3) is 0.118. The molecule has 1 rings (SSSR count). The maximum atomic E-state index is 11.6. The SMILES string of the molecule is CCOC(=O)C(C#N)=CC=C(C(=C=N)C#N)c1ccccc1. The van der Waals surface area contributed by atoms with Gasteiger partial charge in [0.1, 0.15) is 23.3 Å². The highest BCUT2D eigenvalue weighted by Gasteiger charge is 2.10. The number of carbonyl (C=O) groups excluding carboxylic acids is 1. The van der Waals surface area contributed by atoms with Gasteiger partial charge < -0.3 is 4.74 Å². The summed E-state index contributed by atoms with van der Waals surface area (Å²) in [4.78, 5) is 11.6. The molecule has 0 spiro atoms. The molecule has 0 atom stereocenters. The van der Waals surface area contributed by atoms with E-state index in [-0.39, 0.29) is 17.8 Å². The number of benzene rings is 1. The molecule has 0 aliphatic carbocycles. The molecule has 1 N–H and O–H groups in total. The molecule has 0 fully saturated rings. The van der Waals surface area contributed by atoms with E-state index in [1.165, 1.54) is 12.2 Å². The van der Waals surface area contributed by atoms with Gasteiger partial charge >= 0.3 is 5.97 Å². The fourth-order valence-electron chi connectivity index (χ4n) is 1.62. The van der Waals surface area contributed by atoms with Gasteiger partial charge in [-0.15, -0.1) is 0 Å². The maximum Gasteiger partial charge on any atom is 0.348 e. The lowest BCUT2D eigenvalue weighted by Crippen LogP contribution is -2.05. The monoisotopic (exact) mass is 291 g/mol. The van der Waals surface area contributed by atoms with E-state index in [1.54, 1.807) is 37.3 Å². The number of nitrogens with zero attached hydrogens (tertiary/aromatic N) is 2. The average Bonchev–Trinajstić information content (AvgIpc) is 2.55. The Morgan fingerprint density at radius 3 is 2.41 bits per heavy atom. The summed E-state index contributed by atoms with van der Waals surface area (Å²) in [5.41, 5.74) is 0.896. The Morgan fingerprint density at radius 1 is 1.23 bits per heavy atom. The van der Waals surface area contributed by atoms with Crippen molar-refractivity contribution in [2.45, 2.75) is 6.92 Å². The van der Waals surface area contributed by atoms with Crippen LogP contribution in [-0.4, -0.2) is 18.4 Å². The van der Waals surface area contributed by atoms with Gasteiger partial charge in [0.05, 0.1) is 6.61 Å². The second kappa shape index (κ2) is 8.71. The van der Waals surface area contributed by atoms with Gasteiger partial charge in [-0.1, -0.05) is 36.4 Å². The Hall–Kier alpha value is -3.40. The molecule has 0 saturated heterocycles. The first kappa shape index (κ1) is 16.7. The number of nitrogens with one attached hydrogen (secondary N) is 1. The molecule has 0 radical (unpaired) electrons. The largest absolute Gasteiger partial charge is 0.462 e. The normalized spacial score (nSPS) is 10.9. The second-order valence-electron chi connectivity index (χ2n) is 3.97. The van der Waals surface area contributed by atoms with E-state index in [0.717, 1.165) is 0 Å². The van der Waals surface area contributed by atoms with E-state index in [1.807, 2.05) is 12.1 Å². The smallest absolute Gasteiger partial charge is 0.348 e. The van der Waals surface area contributed by atoms with Crippen LogP contribution in [0.15, 0.2) is 53.6 Å². The number of esters is 1. The fourth-order valence-corrected chi connectivity index (χ4v) is 1.62. The number of allylic oxidation sites excluding steroid dienone is 4. The van der Waals surface area contributed by atoms with Crippen LogP contribution in [0.4, 0.5) is 0 Å². The lowest BCUT2D eigenvalue weighted by Gasteiger charge is -2.03. The third kappa shape index (κ3) is 4.31. The number of carbonyl (C=O) groups is 1. The van der Waals surface area contributed by atoms with Crippen LogP contribution in [0.5, 0.6) is 0 Å². The van der Waals surface area contributed by atoms with Gasteiger partial charge in [-0.25, -0.2) is 4.79 Å². The topological polar surface area (TPSA) is 97.7 Å². The van der Waals surface area contributed by atoms with Gasteiger partial charge in [-0.05, 0) is 24.4 Å². The highest BCUT2D eigenvalue weighted by Crippen LogP contribution is 2.21. The molecule has 0 amide bonds. The van der Waals surface area contributed by atoms with Crippen molar-refractivity contribution in [3.63, 3.8) is 0 Å². The molecule has 5 heteroatoms. The number of hydrogen-bond donors (Lipinski definition) is 1. The summed E-state index contributed by atoms with van der Waals surface area (Å²) in [6.07, 6.45) is 2.71. The van der Waals surface area contributed by atoms with Gasteiger partial charge in [-0.3, -0.25) is 5.41 Å². The molecular weight excluding hydrogens is 278 g/mol. The number of nitriles is 2. The van der Waals surface area contributed by atoms with Crippen LogP contribution in [-0.2, 0) is 9.53 Å². The molecule has 5 nitrogen and oxygen atoms in total. The predicted molar refractivity (Wildman–Crippen MR) is 81.6 cm³/mol. The van der Waals surface area contributed by atoms with E-state index >= 15 is 0 Å². The molecule has 0 unspecified atom stereocenters. The standard InChI is InChI=1S/C17H13N3O2/c1-2-22-17(21)14(10-18)8-9-16(15(11-19)12-20)13-6-4-3-5-7-13/h3-9,19H,2H2,1H3. The molecule has 1 aromatic carbocycles. The minimum atomic E-state index is -0.731. The Bertz CT molecular complexity index is 740. The molecule has 0 saturated carbocycles. The van der Waals surface area contributed by atoms with Crippen LogP contribution < -0.4 is 0 Å². The summed E-state index contributed by atoms with van der Waals surface area (Å²) in [7, 11) is 0. The molecule has 22 heavy (non-hydrogen) atoms. The van der Waals surface area contributed by atoms with Crippen LogP contribution in [0.2, 0.25) is 0 Å². The third-order valence-electron chi connectivity index (χ3n) is 2.62. The summed E-state index contributed by atoms with van der Waals surface area (Å²) in [5, 5.41) is 25.3. The van der Waals surface area contributed by atoms with Crippen molar-refractivity contribution in [1.29, 1.82) is 15.9 Å². The zero-order valence-corrected chi connectivity index (χ0v) is 12.0. The van der Waals surface area contributed by atoms with Crippen LogP contribution in [0.1, 0.15) is 12.5 Å². The molecule has 0 aromatic heterocycles. The van der Waals surface area contributed by atoms with E-state index in [9.17, 15) is 4.79 Å². The van der Waals surface area contributed by atoms with Gasteiger partial charge in [-0.2, -0.15) is 10.5 Å². The summed E-state index contributed by atoms with van der Waals surface area (Å²) in [6.45, 7) is 1.81. The third-order valence-corrected chi connectivity index (χ3v) is 2.62. The van der Waals surface area contributed by atoms with Crippen molar-refractivity contribution in [1.82, 2.24) is 0 Å². The molecule has 1 aromatic rings. The lowest BCUT2D eigenvalue weighted by molar-refractivity contribution is -0.138. The minimum absolute atomic E-state index is 0.00333. The quantitative estimate of drug-likeness (QED) is 0.296. The van der Waals surface area contributed by atoms with Gasteiger partial charge in [0.15, 0.2) is 0 Å². The highest BCUT2D eigenvalue weighted by molar-refractivity contribution is 5.96. The van der Waals surface area contributed by atoms with Crippen LogP contribution in [0.3, 0.4) is 0 Å². The Morgan fingerprint density at radius 2 is 1.91 bits per heavy atom. The van der Waals surface area contributed by atoms with Crippen LogP contribution >= 0.6 is 0 Å². The van der Waals surface area contributed by atoms with Gasteiger partial charge in [0, 0.05) is 5.57 Å². The average molecular weight is 291 g/mol. The van der Waals surface area contributed by atoms with Crippen molar-refractivity contribution >= 4 is 17.4 Å². The van der Waals surface area contributed by atoms with Crippen LogP contribution in [0, 0.1) is 28.1 Å². The van der Waals surface area contributed by atoms with Gasteiger partial charge in [0.25, 0.3) is 0 Å². The van der Waals surface area contributed by atoms with Crippen molar-refractivity contribution < 1.29 is 9.53 Å². The van der Waals surface area contributed by atoms with E-state index in [2.05, 4.69) is 5.87 Å². The van der Waals surface area contributed by atoms with Crippen molar-refractivity contribution in [2.24, 2.45) is 0 Å². The van der Waals surface area contributed by atoms with Crippen molar-refractivity contribution in [3.8, 4) is 12.1 Å². The molecule has 0 aliphatic heterocycles. The van der Waals surface area contributed by atoms with Crippen molar-refractivity contribution in [2.75, 3.05) is 6.61 Å².